The van der Waals surface area contributed by atoms with Crippen LogP contribution < -0.4 is 15.5 Å². The zero-order valence-electron chi connectivity index (χ0n) is 18.9. The molecule has 5 heterocycles. The van der Waals surface area contributed by atoms with E-state index in [2.05, 4.69) is 31.6 Å². The Hall–Kier alpha value is -4.42. The van der Waals surface area contributed by atoms with Crippen LogP contribution in [0.5, 0.6) is 0 Å². The summed E-state index contributed by atoms with van der Waals surface area (Å²) in [5, 5.41) is 25.1. The first-order valence-electron chi connectivity index (χ1n) is 11.6. The number of nitriles is 1. The van der Waals surface area contributed by atoms with Gasteiger partial charge in [-0.05, 0) is 48.7 Å². The monoisotopic (exact) mass is 465 g/mol. The van der Waals surface area contributed by atoms with Gasteiger partial charge in [0.05, 0.1) is 52.8 Å². The van der Waals surface area contributed by atoms with Gasteiger partial charge in [-0.2, -0.15) is 5.26 Å². The van der Waals surface area contributed by atoms with Crippen molar-refractivity contribution in [3.05, 3.63) is 71.7 Å². The maximum atomic E-state index is 12.8. The fourth-order valence-electron chi connectivity index (χ4n) is 4.85. The Bertz CT molecular complexity index is 1480. The second-order valence-corrected chi connectivity index (χ2v) is 8.84. The minimum absolute atomic E-state index is 0.131. The van der Waals surface area contributed by atoms with Crippen molar-refractivity contribution < 1.29 is 9.90 Å². The molecule has 0 bridgehead atoms. The number of hydrogen-bond acceptors (Lipinski definition) is 7. The van der Waals surface area contributed by atoms with Crippen LogP contribution in [0.15, 0.2) is 55.0 Å². The SMILES string of the molecule is N#Cc1ccn2c(-c3ccc(Nc4ccc(N5CCC(O)CC5)cn4)c4c3CNC4=O)cnc2c1. The lowest BCUT2D eigenvalue weighted by Crippen LogP contribution is -2.35. The number of anilines is 3. The number of imidazole rings is 1. The van der Waals surface area contributed by atoms with Gasteiger partial charge in [-0.15, -0.1) is 0 Å². The van der Waals surface area contributed by atoms with E-state index < -0.39 is 0 Å². The molecule has 3 N–H and O–H groups in total. The van der Waals surface area contributed by atoms with Crippen molar-refractivity contribution in [3.8, 4) is 17.3 Å². The van der Waals surface area contributed by atoms with Gasteiger partial charge >= 0.3 is 0 Å². The molecule has 4 aromatic rings. The van der Waals surface area contributed by atoms with Gasteiger partial charge < -0.3 is 20.6 Å². The molecule has 9 heteroatoms. The molecule has 1 saturated heterocycles. The number of pyridine rings is 2. The predicted octanol–water partition coefficient (Wildman–Crippen LogP) is 3.22. The molecule has 1 aromatic carbocycles. The topological polar surface area (TPSA) is 119 Å². The smallest absolute Gasteiger partial charge is 0.254 e. The highest BCUT2D eigenvalue weighted by molar-refractivity contribution is 6.06. The lowest BCUT2D eigenvalue weighted by Gasteiger charge is -2.31. The van der Waals surface area contributed by atoms with Gasteiger partial charge in [-0.1, -0.05) is 6.07 Å². The summed E-state index contributed by atoms with van der Waals surface area (Å²) in [5.74, 6) is 0.521. The van der Waals surface area contributed by atoms with E-state index in [0.29, 0.717) is 34.8 Å². The van der Waals surface area contributed by atoms with Crippen molar-refractivity contribution in [2.45, 2.75) is 25.5 Å². The standard InChI is InChI=1S/C26H23N7O2/c27-12-16-5-10-33-22(15-29-24(33)11-16)19-2-3-21(25-20(19)14-30-26(25)35)31-23-4-1-17(13-28-23)32-8-6-18(34)7-9-32/h1-5,10-11,13,15,18,34H,6-9,14H2,(H,28,31)(H,30,35). The molecule has 9 nitrogen and oxygen atoms in total. The summed E-state index contributed by atoms with van der Waals surface area (Å²) in [6, 6.07) is 13.4. The molecule has 0 saturated carbocycles. The molecule has 1 amide bonds. The summed E-state index contributed by atoms with van der Waals surface area (Å²) in [5.41, 5.74) is 6.22. The summed E-state index contributed by atoms with van der Waals surface area (Å²) in [6.07, 6.45) is 6.73. The summed E-state index contributed by atoms with van der Waals surface area (Å²) in [4.78, 5) is 24.0. The van der Waals surface area contributed by atoms with E-state index in [4.69, 9.17) is 5.26 Å². The number of carbonyl (C=O) groups is 1. The average molecular weight is 466 g/mol. The van der Waals surface area contributed by atoms with Gasteiger partial charge in [0, 0.05) is 31.4 Å². The molecule has 6 rings (SSSR count). The normalized spacial score (nSPS) is 15.7. The van der Waals surface area contributed by atoms with E-state index in [1.807, 2.05) is 41.1 Å². The zero-order chi connectivity index (χ0) is 23.9. The van der Waals surface area contributed by atoms with Crippen LogP contribution in [-0.2, 0) is 6.54 Å². The Morgan fingerprint density at radius 3 is 2.74 bits per heavy atom. The van der Waals surface area contributed by atoms with Crippen molar-refractivity contribution in [2.24, 2.45) is 0 Å². The largest absolute Gasteiger partial charge is 0.393 e. The highest BCUT2D eigenvalue weighted by Crippen LogP contribution is 2.35. The molecule has 174 valence electrons. The molecular weight excluding hydrogens is 442 g/mol. The Morgan fingerprint density at radius 2 is 1.97 bits per heavy atom. The van der Waals surface area contributed by atoms with Crippen LogP contribution in [0, 0.1) is 11.3 Å². The summed E-state index contributed by atoms with van der Waals surface area (Å²) < 4.78 is 1.92. The fourth-order valence-corrected chi connectivity index (χ4v) is 4.85. The predicted molar refractivity (Wildman–Crippen MR) is 131 cm³/mol. The van der Waals surface area contributed by atoms with Crippen LogP contribution in [0.4, 0.5) is 17.2 Å². The maximum Gasteiger partial charge on any atom is 0.254 e. The molecule has 0 radical (unpaired) electrons. The first kappa shape index (κ1) is 21.1. The number of nitrogens with one attached hydrogen (secondary N) is 2. The molecule has 2 aliphatic heterocycles. The number of fused-ring (bicyclic) bond motifs is 2. The molecule has 0 unspecified atom stereocenters. The Kier molecular flexibility index (Phi) is 5.08. The Labute approximate surface area is 201 Å². The maximum absolute atomic E-state index is 12.8. The molecule has 0 atom stereocenters. The summed E-state index contributed by atoms with van der Waals surface area (Å²) in [6.45, 7) is 2.05. The van der Waals surface area contributed by atoms with Crippen molar-refractivity contribution in [2.75, 3.05) is 23.3 Å². The van der Waals surface area contributed by atoms with E-state index >= 15 is 0 Å². The van der Waals surface area contributed by atoms with Crippen molar-refractivity contribution in [1.29, 1.82) is 5.26 Å². The van der Waals surface area contributed by atoms with Crippen LogP contribution in [0.3, 0.4) is 0 Å². The van der Waals surface area contributed by atoms with Gasteiger partial charge in [0.25, 0.3) is 5.91 Å². The van der Waals surface area contributed by atoms with E-state index in [9.17, 15) is 9.90 Å². The minimum atomic E-state index is -0.216. The van der Waals surface area contributed by atoms with Gasteiger partial charge in [-0.3, -0.25) is 9.20 Å². The molecule has 0 aliphatic carbocycles. The number of aromatic nitrogens is 3. The zero-order valence-corrected chi connectivity index (χ0v) is 18.9. The number of rotatable bonds is 4. The molecule has 2 aliphatic rings. The molecule has 35 heavy (non-hydrogen) atoms. The first-order valence-corrected chi connectivity index (χ1v) is 11.6. The van der Waals surface area contributed by atoms with Crippen molar-refractivity contribution in [1.82, 2.24) is 19.7 Å². The number of aliphatic hydroxyl groups is 1. The number of aliphatic hydroxyl groups excluding tert-OH is 1. The number of piperidine rings is 1. The first-order chi connectivity index (χ1) is 17.1. The average Bonchev–Trinajstić information content (AvgIpc) is 3.49. The van der Waals surface area contributed by atoms with Crippen LogP contribution in [0.1, 0.15) is 34.3 Å². The minimum Gasteiger partial charge on any atom is -0.393 e. The number of carbonyl (C=O) groups excluding carboxylic acids is 1. The van der Waals surface area contributed by atoms with Gasteiger partial charge in [0.15, 0.2) is 0 Å². The highest BCUT2D eigenvalue weighted by atomic mass is 16.3. The molecular formula is C26H23N7O2. The van der Waals surface area contributed by atoms with Gasteiger partial charge in [-0.25, -0.2) is 9.97 Å². The van der Waals surface area contributed by atoms with Crippen molar-refractivity contribution >= 4 is 28.7 Å². The van der Waals surface area contributed by atoms with Crippen LogP contribution >= 0.6 is 0 Å². The van der Waals surface area contributed by atoms with Crippen LogP contribution in [0.25, 0.3) is 16.9 Å². The second kappa shape index (κ2) is 8.42. The number of hydrogen-bond donors (Lipinski definition) is 3. The number of benzene rings is 1. The summed E-state index contributed by atoms with van der Waals surface area (Å²) >= 11 is 0. The number of nitrogens with zero attached hydrogens (tertiary/aromatic N) is 5. The van der Waals surface area contributed by atoms with Crippen LogP contribution in [-0.4, -0.2) is 44.6 Å². The third-order valence-electron chi connectivity index (χ3n) is 6.72. The quantitative estimate of drug-likeness (QED) is 0.423. The third kappa shape index (κ3) is 3.74. The Balaban J connectivity index is 1.31. The van der Waals surface area contributed by atoms with E-state index in [-0.39, 0.29) is 12.0 Å². The van der Waals surface area contributed by atoms with E-state index in [1.165, 1.54) is 0 Å². The van der Waals surface area contributed by atoms with Crippen LogP contribution in [0.2, 0.25) is 0 Å². The highest BCUT2D eigenvalue weighted by Gasteiger charge is 2.27. The number of amides is 1. The van der Waals surface area contributed by atoms with Gasteiger partial charge in [0.1, 0.15) is 11.5 Å². The lowest BCUT2D eigenvalue weighted by atomic mass is 9.99. The molecule has 1 fully saturated rings. The summed E-state index contributed by atoms with van der Waals surface area (Å²) in [7, 11) is 0. The lowest BCUT2D eigenvalue weighted by molar-refractivity contribution is 0.0966. The Morgan fingerprint density at radius 1 is 1.11 bits per heavy atom. The third-order valence-corrected chi connectivity index (χ3v) is 6.72. The van der Waals surface area contributed by atoms with E-state index in [0.717, 1.165) is 48.4 Å². The second-order valence-electron chi connectivity index (χ2n) is 8.84. The molecule has 3 aromatic heterocycles. The fraction of sp³-hybridized carbons (Fsp3) is 0.231. The molecule has 0 spiro atoms. The van der Waals surface area contributed by atoms with Gasteiger partial charge in [0.2, 0.25) is 0 Å². The van der Waals surface area contributed by atoms with Crippen molar-refractivity contribution in [3.63, 3.8) is 0 Å². The van der Waals surface area contributed by atoms with E-state index in [1.54, 1.807) is 18.3 Å².